The van der Waals surface area contributed by atoms with Crippen LogP contribution >= 0.6 is 15.6 Å². The fraction of sp³-hybridized carbons (Fsp3) is 0.946. The number of phosphoric acid groups is 2. The van der Waals surface area contributed by atoms with Crippen molar-refractivity contribution < 1.29 is 80.2 Å². The van der Waals surface area contributed by atoms with Gasteiger partial charge in [-0.3, -0.25) is 37.3 Å². The van der Waals surface area contributed by atoms with Gasteiger partial charge in [0.25, 0.3) is 0 Å². The van der Waals surface area contributed by atoms with Crippen molar-refractivity contribution >= 4 is 39.5 Å². The lowest BCUT2D eigenvalue weighted by atomic mass is 10.00. The van der Waals surface area contributed by atoms with Crippen LogP contribution in [0.3, 0.4) is 0 Å². The quantitative estimate of drug-likeness (QED) is 0.0222. The molecule has 3 unspecified atom stereocenters. The molecule has 0 heterocycles. The standard InChI is InChI=1S/C74H144O17P2/c1-9-67(8)53-45-37-32-33-39-47-55-72(77)85-61-70(90-73(78)56-48-40-30-23-17-15-13-11-10-12-14-16-20-26-34-42-50-64(2)3)63-89-93(82,83)87-59-68(75)58-86-92(80,81)88-62-69(91-74(79)57-49-41-31-25-24-28-36-44-52-66(6)7)60-84-71(76)54-46-38-29-22-19-18-21-27-35-43-51-65(4)5/h64-70,75H,9-63H2,1-8H3,(H,80,81)(H,82,83)/t67?,68-,69-,70-/m1/s1. The maximum absolute atomic E-state index is 13.0. The average Bonchev–Trinajstić information content (AvgIpc) is 2.76. The number of hydrogen-bond donors (Lipinski definition) is 3. The highest BCUT2D eigenvalue weighted by Gasteiger charge is 2.30. The Hall–Kier alpha value is -1.94. The van der Waals surface area contributed by atoms with Gasteiger partial charge in [0.05, 0.1) is 26.4 Å². The molecule has 0 fully saturated rings. The zero-order chi connectivity index (χ0) is 68.9. The summed E-state index contributed by atoms with van der Waals surface area (Å²) in [5.74, 6) is 0.891. The summed E-state index contributed by atoms with van der Waals surface area (Å²) in [5, 5.41) is 10.6. The molecule has 0 aromatic heterocycles. The maximum atomic E-state index is 13.0. The van der Waals surface area contributed by atoms with Crippen molar-refractivity contribution in [3.8, 4) is 0 Å². The van der Waals surface area contributed by atoms with Crippen molar-refractivity contribution in [2.45, 2.75) is 388 Å². The minimum absolute atomic E-state index is 0.104. The number of esters is 4. The molecule has 0 aliphatic carbocycles. The van der Waals surface area contributed by atoms with Crippen LogP contribution in [0, 0.1) is 23.7 Å². The van der Waals surface area contributed by atoms with Crippen molar-refractivity contribution in [2.75, 3.05) is 39.6 Å². The number of hydrogen-bond acceptors (Lipinski definition) is 15. The summed E-state index contributed by atoms with van der Waals surface area (Å²) in [6, 6.07) is 0. The van der Waals surface area contributed by atoms with Crippen LogP contribution in [-0.2, 0) is 65.4 Å². The normalized spacial score (nSPS) is 14.5. The number of unbranched alkanes of at least 4 members (excludes halogenated alkanes) is 36. The molecule has 0 aliphatic heterocycles. The van der Waals surface area contributed by atoms with E-state index in [1.807, 2.05) is 0 Å². The number of aliphatic hydroxyl groups is 1. The molecule has 93 heavy (non-hydrogen) atoms. The average molecular weight is 1370 g/mol. The molecule has 17 nitrogen and oxygen atoms in total. The predicted octanol–water partition coefficient (Wildman–Crippen LogP) is 21.3. The lowest BCUT2D eigenvalue weighted by Gasteiger charge is -2.21. The van der Waals surface area contributed by atoms with Gasteiger partial charge in [-0.25, -0.2) is 9.13 Å². The van der Waals surface area contributed by atoms with Gasteiger partial charge in [-0.05, 0) is 49.4 Å². The molecule has 0 rings (SSSR count). The van der Waals surface area contributed by atoms with Crippen LogP contribution in [0.4, 0.5) is 0 Å². The zero-order valence-electron chi connectivity index (χ0n) is 60.9. The third-order valence-corrected chi connectivity index (χ3v) is 19.3. The summed E-state index contributed by atoms with van der Waals surface area (Å²) in [7, 11) is -9.91. The summed E-state index contributed by atoms with van der Waals surface area (Å²) in [5.41, 5.74) is 0. The third kappa shape index (κ3) is 67.0. The van der Waals surface area contributed by atoms with Crippen molar-refractivity contribution in [1.82, 2.24) is 0 Å². The van der Waals surface area contributed by atoms with Crippen molar-refractivity contribution in [1.29, 1.82) is 0 Å². The second-order valence-corrected chi connectivity index (χ2v) is 31.3. The highest BCUT2D eigenvalue weighted by atomic mass is 31.2. The summed E-state index contributed by atoms with van der Waals surface area (Å²) in [6.45, 7) is 14.1. The van der Waals surface area contributed by atoms with Gasteiger partial charge in [-0.1, -0.05) is 319 Å². The van der Waals surface area contributed by atoms with Crippen LogP contribution in [0.2, 0.25) is 0 Å². The van der Waals surface area contributed by atoms with Gasteiger partial charge in [0, 0.05) is 25.7 Å². The Morgan fingerprint density at radius 2 is 0.516 bits per heavy atom. The summed E-state index contributed by atoms with van der Waals surface area (Å²) in [6.07, 6.45) is 47.3. The van der Waals surface area contributed by atoms with Crippen molar-refractivity contribution in [3.05, 3.63) is 0 Å². The third-order valence-electron chi connectivity index (χ3n) is 17.4. The van der Waals surface area contributed by atoms with Gasteiger partial charge in [0.15, 0.2) is 12.2 Å². The van der Waals surface area contributed by atoms with Crippen LogP contribution in [0.25, 0.3) is 0 Å². The second kappa shape index (κ2) is 63.5. The fourth-order valence-electron chi connectivity index (χ4n) is 11.2. The smallest absolute Gasteiger partial charge is 0.462 e. The van der Waals surface area contributed by atoms with Gasteiger partial charge in [0.2, 0.25) is 0 Å². The SMILES string of the molecule is CCC(C)CCCCCCCCC(=O)OC[C@H](COP(=O)(O)OC[C@H](O)COP(=O)(O)OC[C@@H](COC(=O)CCCCCCCCCCCCC(C)C)OC(=O)CCCCCCCCCCC(C)C)OC(=O)CCCCCCCCCCCCCCCCCCC(C)C. The van der Waals surface area contributed by atoms with E-state index in [1.165, 1.54) is 167 Å². The Morgan fingerprint density at radius 3 is 0.763 bits per heavy atom. The largest absolute Gasteiger partial charge is 0.472 e. The highest BCUT2D eigenvalue weighted by molar-refractivity contribution is 7.47. The first-order chi connectivity index (χ1) is 44.6. The Labute approximate surface area is 568 Å². The van der Waals surface area contributed by atoms with Gasteiger partial charge < -0.3 is 33.8 Å². The summed E-state index contributed by atoms with van der Waals surface area (Å²) in [4.78, 5) is 72.7. The first kappa shape index (κ1) is 91.1. The predicted molar refractivity (Wildman–Crippen MR) is 377 cm³/mol. The highest BCUT2D eigenvalue weighted by Crippen LogP contribution is 2.45. The van der Waals surface area contributed by atoms with E-state index in [4.69, 9.17) is 37.0 Å². The van der Waals surface area contributed by atoms with Gasteiger partial charge >= 0.3 is 39.5 Å². The van der Waals surface area contributed by atoms with E-state index in [0.717, 1.165) is 120 Å². The van der Waals surface area contributed by atoms with E-state index < -0.39 is 97.5 Å². The molecule has 0 amide bonds. The number of carbonyl (C=O) groups is 4. The van der Waals surface area contributed by atoms with E-state index in [-0.39, 0.29) is 25.7 Å². The lowest BCUT2D eigenvalue weighted by Crippen LogP contribution is -2.30. The van der Waals surface area contributed by atoms with Crippen LogP contribution in [-0.4, -0.2) is 96.7 Å². The zero-order valence-corrected chi connectivity index (χ0v) is 62.7. The Kier molecular flexibility index (Phi) is 62.2. The molecule has 0 radical (unpaired) electrons. The molecule has 0 aromatic rings. The van der Waals surface area contributed by atoms with E-state index in [1.54, 1.807) is 0 Å². The number of ether oxygens (including phenoxy) is 4. The van der Waals surface area contributed by atoms with Gasteiger partial charge in [-0.15, -0.1) is 0 Å². The summed E-state index contributed by atoms with van der Waals surface area (Å²) >= 11 is 0. The van der Waals surface area contributed by atoms with E-state index in [9.17, 15) is 43.2 Å². The number of carbonyl (C=O) groups excluding carboxylic acids is 4. The lowest BCUT2D eigenvalue weighted by molar-refractivity contribution is -0.161. The molecule has 19 heteroatoms. The number of phosphoric ester groups is 2. The van der Waals surface area contributed by atoms with Crippen LogP contribution < -0.4 is 0 Å². The Balaban J connectivity index is 5.21. The van der Waals surface area contributed by atoms with Crippen molar-refractivity contribution in [2.24, 2.45) is 23.7 Å². The first-order valence-corrected chi connectivity index (χ1v) is 41.2. The maximum Gasteiger partial charge on any atom is 0.472 e. The Bertz CT molecular complexity index is 1840. The van der Waals surface area contributed by atoms with Crippen molar-refractivity contribution in [3.63, 3.8) is 0 Å². The molecule has 3 N–H and O–H groups in total. The minimum atomic E-state index is -4.96. The first-order valence-electron chi connectivity index (χ1n) is 38.2. The second-order valence-electron chi connectivity index (χ2n) is 28.4. The Morgan fingerprint density at radius 1 is 0.301 bits per heavy atom. The van der Waals surface area contributed by atoms with E-state index in [2.05, 4.69) is 55.4 Å². The molecule has 0 saturated carbocycles. The molecule has 0 saturated heterocycles. The molecule has 0 aliphatic rings. The van der Waals surface area contributed by atoms with E-state index >= 15 is 0 Å². The van der Waals surface area contributed by atoms with Crippen LogP contribution in [0.5, 0.6) is 0 Å². The molecular weight excluding hydrogens is 1220 g/mol. The minimum Gasteiger partial charge on any atom is -0.462 e. The summed E-state index contributed by atoms with van der Waals surface area (Å²) < 4.78 is 68.4. The van der Waals surface area contributed by atoms with Gasteiger partial charge in [0.1, 0.15) is 19.3 Å². The van der Waals surface area contributed by atoms with Crippen LogP contribution in [0.15, 0.2) is 0 Å². The topological polar surface area (TPSA) is 237 Å². The van der Waals surface area contributed by atoms with E-state index in [0.29, 0.717) is 25.7 Å². The fourth-order valence-corrected chi connectivity index (χ4v) is 12.7. The number of aliphatic hydroxyl groups excluding tert-OH is 1. The molecular formula is C74H144O17P2. The molecule has 0 spiro atoms. The molecule has 0 aromatic carbocycles. The monoisotopic (exact) mass is 1370 g/mol. The molecule has 552 valence electrons. The van der Waals surface area contributed by atoms with Crippen LogP contribution in [0.1, 0.15) is 370 Å². The van der Waals surface area contributed by atoms with Gasteiger partial charge in [-0.2, -0.15) is 0 Å². The molecule has 6 atom stereocenters. The molecule has 0 bridgehead atoms. The number of rotatable bonds is 71.